The number of amides is 2. The number of urea groups is 1. The fourth-order valence-electron chi connectivity index (χ4n) is 4.65. The highest BCUT2D eigenvalue weighted by molar-refractivity contribution is 9.10. The fourth-order valence-corrected chi connectivity index (χ4v) is 5.27. The summed E-state index contributed by atoms with van der Waals surface area (Å²) in [5.41, 5.74) is 5.92. The van der Waals surface area contributed by atoms with E-state index in [1.54, 1.807) is 10.7 Å². The number of rotatable bonds is 7. The van der Waals surface area contributed by atoms with Crippen LogP contribution in [0, 0.1) is 0 Å². The van der Waals surface area contributed by atoms with Crippen molar-refractivity contribution in [1.82, 2.24) is 25.2 Å². The molecule has 0 saturated carbocycles. The van der Waals surface area contributed by atoms with Gasteiger partial charge >= 0.3 is 6.03 Å². The van der Waals surface area contributed by atoms with Gasteiger partial charge in [0.1, 0.15) is 5.82 Å². The van der Waals surface area contributed by atoms with Gasteiger partial charge in [-0.15, -0.1) is 0 Å². The SMILES string of the molecule is CC(NC(=O)NC1=CC=C(CNc2cc(C3=C(Cl)CCC=C3)nc3c(Br)cnn23)CC1)C1=CC=CCC1. The summed E-state index contributed by atoms with van der Waals surface area (Å²) in [6.45, 7) is 2.69. The van der Waals surface area contributed by atoms with Crippen molar-refractivity contribution in [2.45, 2.75) is 51.5 Å². The summed E-state index contributed by atoms with van der Waals surface area (Å²) in [5.74, 6) is 0.843. The average molecular weight is 582 g/mol. The van der Waals surface area contributed by atoms with Crippen LogP contribution in [0.5, 0.6) is 0 Å². The molecule has 2 heterocycles. The highest BCUT2D eigenvalue weighted by atomic mass is 79.9. The van der Waals surface area contributed by atoms with Crippen LogP contribution >= 0.6 is 27.5 Å². The summed E-state index contributed by atoms with van der Waals surface area (Å²) >= 11 is 10.1. The molecule has 3 aliphatic rings. The van der Waals surface area contributed by atoms with Gasteiger partial charge in [0.2, 0.25) is 0 Å². The number of halogens is 2. The average Bonchev–Trinajstić information content (AvgIpc) is 3.29. The number of hydrogen-bond donors (Lipinski definition) is 3. The first-order chi connectivity index (χ1) is 18.0. The van der Waals surface area contributed by atoms with E-state index in [0.29, 0.717) is 6.54 Å². The van der Waals surface area contributed by atoms with Crippen molar-refractivity contribution >= 4 is 50.6 Å². The molecule has 7 nitrogen and oxygen atoms in total. The number of hydrogen-bond acceptors (Lipinski definition) is 4. The molecule has 1 unspecified atom stereocenters. The molecule has 5 rings (SSSR count). The van der Waals surface area contributed by atoms with Gasteiger partial charge in [-0.05, 0) is 73.0 Å². The smallest absolute Gasteiger partial charge is 0.319 e. The first-order valence-electron chi connectivity index (χ1n) is 12.6. The summed E-state index contributed by atoms with van der Waals surface area (Å²) in [4.78, 5) is 17.3. The monoisotopic (exact) mass is 580 g/mol. The Morgan fingerprint density at radius 1 is 1.16 bits per heavy atom. The van der Waals surface area contributed by atoms with Crippen molar-refractivity contribution in [3.63, 3.8) is 0 Å². The molecule has 2 aromatic rings. The minimum absolute atomic E-state index is 0.0172. The summed E-state index contributed by atoms with van der Waals surface area (Å²) in [7, 11) is 0. The van der Waals surface area contributed by atoms with Crippen molar-refractivity contribution in [2.24, 2.45) is 0 Å². The van der Waals surface area contributed by atoms with Crippen molar-refractivity contribution < 1.29 is 4.79 Å². The fraction of sp³-hybridized carbons (Fsp3) is 0.321. The van der Waals surface area contributed by atoms with Gasteiger partial charge in [0, 0.05) is 35.0 Å². The van der Waals surface area contributed by atoms with E-state index in [2.05, 4.69) is 67.4 Å². The van der Waals surface area contributed by atoms with Crippen LogP contribution in [0.2, 0.25) is 0 Å². The lowest BCUT2D eigenvalue weighted by Gasteiger charge is -2.21. The topological polar surface area (TPSA) is 83.4 Å². The molecule has 9 heteroatoms. The Morgan fingerprint density at radius 3 is 2.78 bits per heavy atom. The molecule has 37 heavy (non-hydrogen) atoms. The van der Waals surface area contributed by atoms with Crippen LogP contribution in [0.25, 0.3) is 11.2 Å². The van der Waals surface area contributed by atoms with Crippen LogP contribution < -0.4 is 16.0 Å². The summed E-state index contributed by atoms with van der Waals surface area (Å²) in [5, 5.41) is 14.9. The maximum Gasteiger partial charge on any atom is 0.319 e. The molecule has 0 fully saturated rings. The van der Waals surface area contributed by atoms with Crippen LogP contribution in [0.1, 0.15) is 51.1 Å². The van der Waals surface area contributed by atoms with Gasteiger partial charge in [0.05, 0.1) is 16.4 Å². The van der Waals surface area contributed by atoms with Gasteiger partial charge in [-0.1, -0.05) is 53.6 Å². The largest absolute Gasteiger partial charge is 0.366 e. The number of carbonyl (C=O) groups excluding carboxylic acids is 1. The van der Waals surface area contributed by atoms with E-state index in [4.69, 9.17) is 16.6 Å². The first-order valence-corrected chi connectivity index (χ1v) is 13.8. The Hall–Kier alpha value is -3.10. The van der Waals surface area contributed by atoms with Crippen LogP contribution in [-0.4, -0.2) is 33.2 Å². The molecule has 1 atom stereocenters. The van der Waals surface area contributed by atoms with E-state index in [-0.39, 0.29) is 12.1 Å². The van der Waals surface area contributed by atoms with E-state index < -0.39 is 0 Å². The normalized spacial score (nSPS) is 18.3. The molecule has 0 radical (unpaired) electrons. The Morgan fingerprint density at radius 2 is 2.03 bits per heavy atom. The second-order valence-corrected chi connectivity index (χ2v) is 10.7. The number of anilines is 1. The molecule has 0 spiro atoms. The summed E-state index contributed by atoms with van der Waals surface area (Å²) < 4.78 is 2.62. The zero-order valence-electron chi connectivity index (χ0n) is 20.7. The highest BCUT2D eigenvalue weighted by Gasteiger charge is 2.17. The van der Waals surface area contributed by atoms with Crippen molar-refractivity contribution in [2.75, 3.05) is 11.9 Å². The Kier molecular flexibility index (Phi) is 7.96. The summed E-state index contributed by atoms with van der Waals surface area (Å²) in [6, 6.07) is 1.85. The van der Waals surface area contributed by atoms with Crippen molar-refractivity contribution in [3.05, 3.63) is 86.8 Å². The molecule has 0 saturated heterocycles. The maximum atomic E-state index is 12.5. The number of aromatic nitrogens is 3. The van der Waals surface area contributed by atoms with Gasteiger partial charge in [-0.3, -0.25) is 0 Å². The molecular formula is C28H30BrClN6O. The molecule has 0 bridgehead atoms. The van der Waals surface area contributed by atoms with Crippen molar-refractivity contribution in [3.8, 4) is 0 Å². The standard InChI is InChI=1S/C28H30BrClN6O/c1-18(20-7-3-2-4-8-20)33-28(37)34-21-13-11-19(12-14-21)16-31-26-15-25(22-9-5-6-10-24(22)30)35-27-23(29)17-32-36(26)27/h2-3,5,7,9,11,13,15,17-18,31H,4,6,8,10,12,14,16H2,1H3,(H2,33,34,37). The molecule has 192 valence electrons. The highest BCUT2D eigenvalue weighted by Crippen LogP contribution is 2.32. The third-order valence-electron chi connectivity index (χ3n) is 6.77. The molecule has 0 aliphatic heterocycles. The Labute approximate surface area is 230 Å². The van der Waals surface area contributed by atoms with Crippen LogP contribution in [0.4, 0.5) is 10.6 Å². The van der Waals surface area contributed by atoms with E-state index >= 15 is 0 Å². The quantitative estimate of drug-likeness (QED) is 0.337. The van der Waals surface area contributed by atoms with Gasteiger partial charge in [-0.2, -0.15) is 9.61 Å². The van der Waals surface area contributed by atoms with E-state index in [1.165, 1.54) is 11.1 Å². The van der Waals surface area contributed by atoms with Crippen LogP contribution in [0.3, 0.4) is 0 Å². The molecule has 3 aliphatic carbocycles. The van der Waals surface area contributed by atoms with Gasteiger partial charge in [-0.25, -0.2) is 9.78 Å². The lowest BCUT2D eigenvalue weighted by atomic mass is 9.99. The number of allylic oxidation sites excluding steroid dienone is 10. The second kappa shape index (κ2) is 11.5. The minimum Gasteiger partial charge on any atom is -0.366 e. The third kappa shape index (κ3) is 6.08. The predicted octanol–water partition coefficient (Wildman–Crippen LogP) is 6.77. The first kappa shape index (κ1) is 25.5. The Bertz CT molecular complexity index is 1400. The second-order valence-electron chi connectivity index (χ2n) is 9.41. The van der Waals surface area contributed by atoms with Crippen molar-refractivity contribution in [1.29, 1.82) is 0 Å². The van der Waals surface area contributed by atoms with E-state index in [9.17, 15) is 4.79 Å². The lowest BCUT2D eigenvalue weighted by Crippen LogP contribution is -2.41. The Balaban J connectivity index is 1.24. The van der Waals surface area contributed by atoms with Gasteiger partial charge < -0.3 is 16.0 Å². The lowest BCUT2D eigenvalue weighted by molar-refractivity contribution is 0.241. The minimum atomic E-state index is -0.162. The van der Waals surface area contributed by atoms with Gasteiger partial charge in [0.25, 0.3) is 0 Å². The zero-order chi connectivity index (χ0) is 25.8. The molecular weight excluding hydrogens is 552 g/mol. The van der Waals surface area contributed by atoms with Crippen LogP contribution in [-0.2, 0) is 0 Å². The third-order valence-corrected chi connectivity index (χ3v) is 7.72. The van der Waals surface area contributed by atoms with E-state index in [1.807, 2.05) is 25.1 Å². The predicted molar refractivity (Wildman–Crippen MR) is 153 cm³/mol. The van der Waals surface area contributed by atoms with E-state index in [0.717, 1.165) is 76.5 Å². The number of fused-ring (bicyclic) bond motifs is 1. The summed E-state index contributed by atoms with van der Waals surface area (Å²) in [6.07, 6.45) is 21.7. The number of nitrogens with zero attached hydrogens (tertiary/aromatic N) is 3. The molecule has 2 aromatic heterocycles. The van der Waals surface area contributed by atoms with Crippen LogP contribution in [0.15, 0.2) is 81.1 Å². The zero-order valence-corrected chi connectivity index (χ0v) is 23.1. The van der Waals surface area contributed by atoms with Gasteiger partial charge in [0.15, 0.2) is 5.65 Å². The molecule has 0 aromatic carbocycles. The number of nitrogens with one attached hydrogen (secondary N) is 3. The number of carbonyl (C=O) groups is 1. The maximum absolute atomic E-state index is 12.5. The molecule has 3 N–H and O–H groups in total. The molecule has 2 amide bonds.